The van der Waals surface area contributed by atoms with Crippen LogP contribution in [0.1, 0.15) is 29.0 Å². The molecule has 5 nitrogen and oxygen atoms in total. The number of rotatable bonds is 1. The molecule has 3 atom stereocenters. The average molecular weight is 285 g/mol. The monoisotopic (exact) mass is 285 g/mol. The zero-order valence-electron chi connectivity index (χ0n) is 12.1. The standard InChI is InChI=1S/C16H19N3O2/c1-10-3-2-4-15-17-14(9-19(10)15)16(21)18-7-11-5-13(20)6-12(11)8-18/h2-4,9,11-13,20H,5-8H2,1H3/t11-,12+,13?. The Bertz CT molecular complexity index is 695. The molecule has 110 valence electrons. The molecule has 1 saturated carbocycles. The van der Waals surface area contributed by atoms with Crippen molar-refractivity contribution in [3.05, 3.63) is 35.8 Å². The molecule has 1 unspecified atom stereocenters. The summed E-state index contributed by atoms with van der Waals surface area (Å²) in [5.74, 6) is 0.937. The van der Waals surface area contributed by atoms with Gasteiger partial charge in [0.15, 0.2) is 0 Å². The number of nitrogens with zero attached hydrogens (tertiary/aromatic N) is 3. The Balaban J connectivity index is 1.58. The van der Waals surface area contributed by atoms with Crippen LogP contribution < -0.4 is 0 Å². The van der Waals surface area contributed by atoms with Gasteiger partial charge in [0.25, 0.3) is 5.91 Å². The number of carbonyl (C=O) groups is 1. The van der Waals surface area contributed by atoms with Gasteiger partial charge in [0.1, 0.15) is 11.3 Å². The zero-order chi connectivity index (χ0) is 14.6. The minimum Gasteiger partial charge on any atom is -0.393 e. The Morgan fingerprint density at radius 3 is 2.67 bits per heavy atom. The number of fused-ring (bicyclic) bond motifs is 2. The summed E-state index contributed by atoms with van der Waals surface area (Å²) in [6.45, 7) is 3.52. The first kappa shape index (κ1) is 12.8. The third-order valence-corrected chi connectivity index (χ3v) is 4.93. The van der Waals surface area contributed by atoms with E-state index in [4.69, 9.17) is 0 Å². The SMILES string of the molecule is Cc1cccc2nc(C(=O)N3C[C@H]4CC(O)C[C@H]4C3)cn12. The highest BCUT2D eigenvalue weighted by atomic mass is 16.3. The minimum absolute atomic E-state index is 0.0157. The molecule has 1 N–H and O–H groups in total. The fourth-order valence-electron chi connectivity index (χ4n) is 3.85. The molecule has 2 aromatic rings. The summed E-state index contributed by atoms with van der Waals surface area (Å²) in [5, 5.41) is 9.68. The summed E-state index contributed by atoms with van der Waals surface area (Å²) in [6.07, 6.45) is 3.32. The number of carbonyl (C=O) groups excluding carboxylic acids is 1. The van der Waals surface area contributed by atoms with Crippen LogP contribution in [0.15, 0.2) is 24.4 Å². The van der Waals surface area contributed by atoms with Crippen LogP contribution >= 0.6 is 0 Å². The number of aryl methyl sites for hydroxylation is 1. The second-order valence-corrected chi connectivity index (χ2v) is 6.38. The molecule has 1 aliphatic heterocycles. The van der Waals surface area contributed by atoms with E-state index in [2.05, 4.69) is 4.98 Å². The second kappa shape index (κ2) is 4.56. The van der Waals surface area contributed by atoms with Crippen LogP contribution in [0.2, 0.25) is 0 Å². The Morgan fingerprint density at radius 1 is 1.29 bits per heavy atom. The maximum atomic E-state index is 12.6. The lowest BCUT2D eigenvalue weighted by molar-refractivity contribution is 0.0760. The predicted molar refractivity (Wildman–Crippen MR) is 78.1 cm³/mol. The average Bonchev–Trinajstić information content (AvgIpc) is 3.10. The molecule has 3 heterocycles. The molecule has 21 heavy (non-hydrogen) atoms. The quantitative estimate of drug-likeness (QED) is 0.863. The molecular formula is C16H19N3O2. The van der Waals surface area contributed by atoms with Crippen molar-refractivity contribution in [2.75, 3.05) is 13.1 Å². The minimum atomic E-state index is -0.171. The number of aromatic nitrogens is 2. The van der Waals surface area contributed by atoms with Crippen LogP contribution in [0.25, 0.3) is 5.65 Å². The third-order valence-electron chi connectivity index (χ3n) is 4.93. The van der Waals surface area contributed by atoms with Crippen molar-refractivity contribution in [2.24, 2.45) is 11.8 Å². The predicted octanol–water partition coefficient (Wildman–Crippen LogP) is 1.49. The van der Waals surface area contributed by atoms with Crippen molar-refractivity contribution in [1.82, 2.24) is 14.3 Å². The van der Waals surface area contributed by atoms with Crippen molar-refractivity contribution in [3.63, 3.8) is 0 Å². The third kappa shape index (κ3) is 2.03. The highest BCUT2D eigenvalue weighted by Gasteiger charge is 2.42. The number of amides is 1. The van der Waals surface area contributed by atoms with E-state index in [-0.39, 0.29) is 12.0 Å². The molecule has 1 aliphatic carbocycles. The molecule has 0 aromatic carbocycles. The molecule has 2 fully saturated rings. The van der Waals surface area contributed by atoms with Crippen LogP contribution in [-0.2, 0) is 0 Å². The molecular weight excluding hydrogens is 266 g/mol. The lowest BCUT2D eigenvalue weighted by Gasteiger charge is -2.16. The number of aliphatic hydroxyl groups is 1. The zero-order valence-corrected chi connectivity index (χ0v) is 12.1. The fraction of sp³-hybridized carbons (Fsp3) is 0.500. The van der Waals surface area contributed by atoms with E-state index in [0.29, 0.717) is 17.5 Å². The lowest BCUT2D eigenvalue weighted by atomic mass is 10.0. The van der Waals surface area contributed by atoms with Gasteiger partial charge in [0, 0.05) is 25.0 Å². The Morgan fingerprint density at radius 2 is 2.00 bits per heavy atom. The van der Waals surface area contributed by atoms with Gasteiger partial charge in [0.2, 0.25) is 0 Å². The van der Waals surface area contributed by atoms with Crippen molar-refractivity contribution in [3.8, 4) is 0 Å². The van der Waals surface area contributed by atoms with E-state index in [9.17, 15) is 9.90 Å². The van der Waals surface area contributed by atoms with Gasteiger partial charge in [-0.05, 0) is 43.7 Å². The van der Waals surface area contributed by atoms with E-state index < -0.39 is 0 Å². The van der Waals surface area contributed by atoms with Gasteiger partial charge in [0.05, 0.1) is 6.10 Å². The normalized spacial score (nSPS) is 28.3. The first-order chi connectivity index (χ1) is 10.1. The smallest absolute Gasteiger partial charge is 0.274 e. The summed E-state index contributed by atoms with van der Waals surface area (Å²) in [5.41, 5.74) is 2.40. The van der Waals surface area contributed by atoms with Crippen LogP contribution in [0, 0.1) is 18.8 Å². The number of pyridine rings is 1. The van der Waals surface area contributed by atoms with E-state index in [0.717, 1.165) is 37.3 Å². The molecule has 4 rings (SSSR count). The molecule has 1 amide bonds. The number of aliphatic hydroxyl groups excluding tert-OH is 1. The Labute approximate surface area is 123 Å². The van der Waals surface area contributed by atoms with Crippen molar-refractivity contribution >= 4 is 11.6 Å². The highest BCUT2D eigenvalue weighted by Crippen LogP contribution is 2.38. The molecule has 0 radical (unpaired) electrons. The van der Waals surface area contributed by atoms with Crippen molar-refractivity contribution in [1.29, 1.82) is 0 Å². The van der Waals surface area contributed by atoms with Crippen LogP contribution in [-0.4, -0.2) is 44.5 Å². The van der Waals surface area contributed by atoms with E-state index in [1.807, 2.05) is 40.6 Å². The van der Waals surface area contributed by atoms with Gasteiger partial charge in [-0.1, -0.05) is 6.07 Å². The summed E-state index contributed by atoms with van der Waals surface area (Å²) >= 11 is 0. The molecule has 5 heteroatoms. The fourth-order valence-corrected chi connectivity index (χ4v) is 3.85. The summed E-state index contributed by atoms with van der Waals surface area (Å²) < 4.78 is 1.95. The Hall–Kier alpha value is -1.88. The van der Waals surface area contributed by atoms with Crippen LogP contribution in [0.4, 0.5) is 0 Å². The van der Waals surface area contributed by atoms with Crippen molar-refractivity contribution in [2.45, 2.75) is 25.9 Å². The lowest BCUT2D eigenvalue weighted by Crippen LogP contribution is -2.30. The topological polar surface area (TPSA) is 57.8 Å². The first-order valence-corrected chi connectivity index (χ1v) is 7.54. The molecule has 1 saturated heterocycles. The van der Waals surface area contributed by atoms with Crippen LogP contribution in [0.5, 0.6) is 0 Å². The second-order valence-electron chi connectivity index (χ2n) is 6.38. The molecule has 2 aliphatic rings. The summed E-state index contributed by atoms with van der Waals surface area (Å²) in [6, 6.07) is 5.87. The van der Waals surface area contributed by atoms with E-state index in [1.54, 1.807) is 0 Å². The largest absolute Gasteiger partial charge is 0.393 e. The maximum Gasteiger partial charge on any atom is 0.274 e. The van der Waals surface area contributed by atoms with E-state index >= 15 is 0 Å². The van der Waals surface area contributed by atoms with Gasteiger partial charge < -0.3 is 14.4 Å². The number of likely N-dealkylation sites (tertiary alicyclic amines) is 1. The van der Waals surface area contributed by atoms with E-state index in [1.165, 1.54) is 0 Å². The van der Waals surface area contributed by atoms with Gasteiger partial charge >= 0.3 is 0 Å². The van der Waals surface area contributed by atoms with Gasteiger partial charge in [-0.15, -0.1) is 0 Å². The first-order valence-electron chi connectivity index (χ1n) is 7.54. The molecule has 0 spiro atoms. The summed E-state index contributed by atoms with van der Waals surface area (Å²) in [7, 11) is 0. The number of imidazole rings is 1. The van der Waals surface area contributed by atoms with Crippen molar-refractivity contribution < 1.29 is 9.90 Å². The summed E-state index contributed by atoms with van der Waals surface area (Å²) in [4.78, 5) is 19.0. The van der Waals surface area contributed by atoms with Gasteiger partial charge in [-0.3, -0.25) is 4.79 Å². The van der Waals surface area contributed by atoms with Crippen LogP contribution in [0.3, 0.4) is 0 Å². The Kier molecular flexibility index (Phi) is 2.79. The molecule has 0 bridgehead atoms. The van der Waals surface area contributed by atoms with Gasteiger partial charge in [-0.2, -0.15) is 0 Å². The number of hydrogen-bond acceptors (Lipinski definition) is 3. The van der Waals surface area contributed by atoms with Gasteiger partial charge in [-0.25, -0.2) is 4.98 Å². The maximum absolute atomic E-state index is 12.6. The number of hydrogen-bond donors (Lipinski definition) is 1. The molecule has 2 aromatic heterocycles. The highest BCUT2D eigenvalue weighted by molar-refractivity contribution is 5.93.